The van der Waals surface area contributed by atoms with Crippen LogP contribution in [0.5, 0.6) is 0 Å². The van der Waals surface area contributed by atoms with Gasteiger partial charge in [0.1, 0.15) is 6.61 Å². The van der Waals surface area contributed by atoms with Crippen LogP contribution in [-0.4, -0.2) is 5.71 Å². The van der Waals surface area contributed by atoms with E-state index < -0.39 is 0 Å². The van der Waals surface area contributed by atoms with Gasteiger partial charge in [-0.2, -0.15) is 0 Å². The summed E-state index contributed by atoms with van der Waals surface area (Å²) in [6, 6.07) is 10.1. The molecule has 0 saturated heterocycles. The lowest BCUT2D eigenvalue weighted by Gasteiger charge is -2.15. The van der Waals surface area contributed by atoms with Crippen LogP contribution in [0.3, 0.4) is 0 Å². The number of hydrogen-bond donors (Lipinski definition) is 0. The molecule has 1 atom stereocenters. The van der Waals surface area contributed by atoms with Gasteiger partial charge in [-0.15, -0.1) is 0 Å². The molecule has 0 radical (unpaired) electrons. The molecule has 2 nitrogen and oxygen atoms in total. The number of rotatable bonds is 6. The van der Waals surface area contributed by atoms with E-state index in [4.69, 9.17) is 4.84 Å². The highest BCUT2D eigenvalue weighted by Gasteiger charge is 2.13. The summed E-state index contributed by atoms with van der Waals surface area (Å²) >= 11 is 0. The number of nitrogens with zero attached hydrogens (tertiary/aromatic N) is 1. The second-order valence-electron chi connectivity index (χ2n) is 4.74. The molecule has 1 aromatic rings. The highest BCUT2D eigenvalue weighted by molar-refractivity contribution is 5.87. The monoisotopic (exact) mass is 233 g/mol. The second kappa shape index (κ2) is 7.10. The van der Waals surface area contributed by atoms with Crippen LogP contribution in [0.25, 0.3) is 0 Å². The topological polar surface area (TPSA) is 21.6 Å². The van der Waals surface area contributed by atoms with E-state index in [0.29, 0.717) is 18.4 Å². The van der Waals surface area contributed by atoms with Gasteiger partial charge in [0.15, 0.2) is 0 Å². The third kappa shape index (κ3) is 4.59. The Morgan fingerprint density at radius 3 is 2.35 bits per heavy atom. The standard InChI is InChI=1S/C15H23NO/c1-5-13(4)15(12(2)3)16-17-11-14-9-7-6-8-10-14/h6-10,12-13H,5,11H2,1-4H3/b16-15-. The van der Waals surface area contributed by atoms with Crippen LogP contribution in [0.15, 0.2) is 35.5 Å². The molecule has 1 aromatic carbocycles. The Hall–Kier alpha value is -1.31. The van der Waals surface area contributed by atoms with Gasteiger partial charge in [-0.1, -0.05) is 63.2 Å². The first-order chi connectivity index (χ1) is 8.15. The Kier molecular flexibility index (Phi) is 5.75. The van der Waals surface area contributed by atoms with Gasteiger partial charge in [0, 0.05) is 0 Å². The molecule has 94 valence electrons. The van der Waals surface area contributed by atoms with Gasteiger partial charge in [-0.25, -0.2) is 0 Å². The molecular formula is C15H23NO. The van der Waals surface area contributed by atoms with E-state index in [0.717, 1.165) is 17.7 Å². The van der Waals surface area contributed by atoms with E-state index in [2.05, 4.69) is 32.9 Å². The molecule has 1 rings (SSSR count). The van der Waals surface area contributed by atoms with Crippen molar-refractivity contribution in [2.45, 2.75) is 40.7 Å². The van der Waals surface area contributed by atoms with Crippen molar-refractivity contribution in [1.82, 2.24) is 0 Å². The van der Waals surface area contributed by atoms with E-state index in [1.54, 1.807) is 0 Å². The van der Waals surface area contributed by atoms with Crippen molar-refractivity contribution < 1.29 is 4.84 Å². The lowest BCUT2D eigenvalue weighted by Crippen LogP contribution is -2.17. The van der Waals surface area contributed by atoms with Crippen molar-refractivity contribution in [3.05, 3.63) is 35.9 Å². The molecule has 1 unspecified atom stereocenters. The molecule has 0 aliphatic carbocycles. The van der Waals surface area contributed by atoms with Gasteiger partial charge in [-0.3, -0.25) is 0 Å². The summed E-state index contributed by atoms with van der Waals surface area (Å²) < 4.78 is 0. The average Bonchev–Trinajstić information content (AvgIpc) is 2.34. The molecule has 2 heteroatoms. The zero-order valence-corrected chi connectivity index (χ0v) is 11.3. The maximum atomic E-state index is 5.45. The van der Waals surface area contributed by atoms with E-state index in [1.807, 2.05) is 30.3 Å². The van der Waals surface area contributed by atoms with Crippen molar-refractivity contribution in [3.8, 4) is 0 Å². The van der Waals surface area contributed by atoms with Crippen molar-refractivity contribution in [3.63, 3.8) is 0 Å². The molecule has 0 aliphatic heterocycles. The van der Waals surface area contributed by atoms with Crippen molar-refractivity contribution >= 4 is 5.71 Å². The molecule has 17 heavy (non-hydrogen) atoms. The summed E-state index contributed by atoms with van der Waals surface area (Å²) in [7, 11) is 0. The van der Waals surface area contributed by atoms with Gasteiger partial charge in [0.2, 0.25) is 0 Å². The van der Waals surface area contributed by atoms with Crippen LogP contribution < -0.4 is 0 Å². The fraction of sp³-hybridized carbons (Fsp3) is 0.533. The summed E-state index contributed by atoms with van der Waals surface area (Å²) in [6.07, 6.45) is 1.10. The van der Waals surface area contributed by atoms with E-state index in [-0.39, 0.29) is 0 Å². The first-order valence-corrected chi connectivity index (χ1v) is 6.38. The number of hydrogen-bond acceptors (Lipinski definition) is 2. The number of benzene rings is 1. The van der Waals surface area contributed by atoms with E-state index in [9.17, 15) is 0 Å². The average molecular weight is 233 g/mol. The normalized spacial score (nSPS) is 13.8. The zero-order valence-electron chi connectivity index (χ0n) is 11.3. The van der Waals surface area contributed by atoms with Crippen molar-refractivity contribution in [1.29, 1.82) is 0 Å². The first kappa shape index (κ1) is 13.8. The molecule has 0 fully saturated rings. The van der Waals surface area contributed by atoms with Crippen LogP contribution in [0.4, 0.5) is 0 Å². The summed E-state index contributed by atoms with van der Waals surface area (Å²) in [5.41, 5.74) is 2.31. The van der Waals surface area contributed by atoms with Crippen LogP contribution in [0.1, 0.15) is 39.7 Å². The summed E-state index contributed by atoms with van der Waals surface area (Å²) in [4.78, 5) is 5.45. The Morgan fingerprint density at radius 1 is 1.18 bits per heavy atom. The molecule has 0 amide bonds. The van der Waals surface area contributed by atoms with Gasteiger partial charge >= 0.3 is 0 Å². The highest BCUT2D eigenvalue weighted by atomic mass is 16.6. The fourth-order valence-corrected chi connectivity index (χ4v) is 1.73. The summed E-state index contributed by atoms with van der Waals surface area (Å²) in [5, 5.41) is 4.31. The Bertz CT molecular complexity index is 343. The molecule has 0 aromatic heterocycles. The van der Waals surface area contributed by atoms with Gasteiger partial charge in [0.05, 0.1) is 5.71 Å². The maximum Gasteiger partial charge on any atom is 0.142 e. The predicted molar refractivity (Wildman–Crippen MR) is 73.0 cm³/mol. The van der Waals surface area contributed by atoms with Crippen LogP contribution in [-0.2, 0) is 11.4 Å². The molecule has 0 saturated carbocycles. The highest BCUT2D eigenvalue weighted by Crippen LogP contribution is 2.13. The quantitative estimate of drug-likeness (QED) is 0.531. The molecule has 0 aliphatic rings. The third-order valence-corrected chi connectivity index (χ3v) is 2.95. The third-order valence-electron chi connectivity index (χ3n) is 2.95. The molecule has 0 heterocycles. The molecule has 0 spiro atoms. The lowest BCUT2D eigenvalue weighted by atomic mass is 9.94. The fourth-order valence-electron chi connectivity index (χ4n) is 1.73. The smallest absolute Gasteiger partial charge is 0.142 e. The predicted octanol–water partition coefficient (Wildman–Crippen LogP) is 4.26. The zero-order chi connectivity index (χ0) is 12.7. The maximum absolute atomic E-state index is 5.45. The van der Waals surface area contributed by atoms with Gasteiger partial charge in [0.25, 0.3) is 0 Å². The Morgan fingerprint density at radius 2 is 1.82 bits per heavy atom. The summed E-state index contributed by atoms with van der Waals surface area (Å²) in [5.74, 6) is 0.937. The van der Waals surface area contributed by atoms with Crippen LogP contribution in [0, 0.1) is 11.8 Å². The minimum Gasteiger partial charge on any atom is -0.391 e. The van der Waals surface area contributed by atoms with Crippen LogP contribution >= 0.6 is 0 Å². The van der Waals surface area contributed by atoms with E-state index >= 15 is 0 Å². The second-order valence-corrected chi connectivity index (χ2v) is 4.74. The molecular weight excluding hydrogens is 210 g/mol. The molecule has 0 N–H and O–H groups in total. The van der Waals surface area contributed by atoms with Crippen LogP contribution in [0.2, 0.25) is 0 Å². The first-order valence-electron chi connectivity index (χ1n) is 6.38. The Balaban J connectivity index is 2.56. The van der Waals surface area contributed by atoms with Gasteiger partial charge < -0.3 is 4.84 Å². The minimum atomic E-state index is 0.445. The SMILES string of the molecule is CCC(C)/C(=N\OCc1ccccc1)C(C)C. The number of oxime groups is 1. The van der Waals surface area contributed by atoms with Gasteiger partial charge in [-0.05, 0) is 23.8 Å². The Labute approximate surface area is 105 Å². The lowest BCUT2D eigenvalue weighted by molar-refractivity contribution is 0.127. The largest absolute Gasteiger partial charge is 0.391 e. The summed E-state index contributed by atoms with van der Waals surface area (Å²) in [6.45, 7) is 9.26. The van der Waals surface area contributed by atoms with E-state index in [1.165, 1.54) is 0 Å². The van der Waals surface area contributed by atoms with Crippen molar-refractivity contribution in [2.24, 2.45) is 17.0 Å². The van der Waals surface area contributed by atoms with Crippen molar-refractivity contribution in [2.75, 3.05) is 0 Å². The molecule has 0 bridgehead atoms. The minimum absolute atomic E-state index is 0.445.